The average Bonchev–Trinajstić information content (AvgIpc) is 3.29. The third kappa shape index (κ3) is 4.24. The Morgan fingerprint density at radius 2 is 2.11 bits per heavy atom. The molecule has 0 radical (unpaired) electrons. The number of rotatable bonds is 6. The second-order valence-corrected chi connectivity index (χ2v) is 8.15. The Balaban J connectivity index is 1.92. The summed E-state index contributed by atoms with van der Waals surface area (Å²) < 4.78 is 8.00. The summed E-state index contributed by atoms with van der Waals surface area (Å²) in [5.41, 5.74) is 1.60. The summed E-state index contributed by atoms with van der Waals surface area (Å²) in [6, 6.07) is 7.87. The largest absolute Gasteiger partial charge is 0.489 e. The van der Waals surface area contributed by atoms with Gasteiger partial charge in [-0.15, -0.1) is 0 Å². The molecule has 0 bridgehead atoms. The summed E-state index contributed by atoms with van der Waals surface area (Å²) in [6.45, 7) is 10.0. The fourth-order valence-electron chi connectivity index (χ4n) is 3.49. The van der Waals surface area contributed by atoms with E-state index in [0.717, 1.165) is 11.5 Å². The summed E-state index contributed by atoms with van der Waals surface area (Å²) in [6.07, 6.45) is 4.03. The van der Waals surface area contributed by atoms with Crippen molar-refractivity contribution in [1.82, 2.24) is 14.8 Å². The Labute approximate surface area is 165 Å². The fourth-order valence-corrected chi connectivity index (χ4v) is 3.49. The smallest absolute Gasteiger partial charge is 0.334 e. The van der Waals surface area contributed by atoms with E-state index in [9.17, 15) is 4.79 Å². The molecule has 1 aliphatic heterocycles. The molecule has 28 heavy (non-hydrogen) atoms. The molecular weight excluding hydrogens is 356 g/mol. The van der Waals surface area contributed by atoms with Gasteiger partial charge < -0.3 is 9.57 Å². The van der Waals surface area contributed by atoms with E-state index in [2.05, 4.69) is 28.2 Å². The van der Waals surface area contributed by atoms with E-state index in [1.54, 1.807) is 17.9 Å². The van der Waals surface area contributed by atoms with Crippen molar-refractivity contribution in [2.24, 2.45) is 10.6 Å². The van der Waals surface area contributed by atoms with Crippen LogP contribution in [0.25, 0.3) is 0 Å². The summed E-state index contributed by atoms with van der Waals surface area (Å²) in [5.74, 6) is 0.794. The van der Waals surface area contributed by atoms with Gasteiger partial charge in [0.25, 0.3) is 0 Å². The number of hydrogen-bond acceptors (Lipinski definition) is 6. The van der Waals surface area contributed by atoms with Gasteiger partial charge in [0.1, 0.15) is 24.5 Å². The van der Waals surface area contributed by atoms with Crippen molar-refractivity contribution >= 4 is 11.7 Å². The molecule has 0 fully saturated rings. The van der Waals surface area contributed by atoms with Gasteiger partial charge in [-0.2, -0.15) is 5.10 Å². The van der Waals surface area contributed by atoms with Crippen LogP contribution in [0.3, 0.4) is 0 Å². The van der Waals surface area contributed by atoms with Gasteiger partial charge >= 0.3 is 5.97 Å². The van der Waals surface area contributed by atoms with Crippen LogP contribution in [0.1, 0.15) is 65.0 Å². The maximum absolute atomic E-state index is 11.7. The van der Waals surface area contributed by atoms with Gasteiger partial charge in [-0.1, -0.05) is 58.0 Å². The van der Waals surface area contributed by atoms with E-state index in [0.29, 0.717) is 6.42 Å². The number of para-hydroxylation sites is 1. The molecule has 0 N–H and O–H groups in total. The molecule has 7 nitrogen and oxygen atoms in total. The molecule has 0 saturated carbocycles. The molecular formula is C21H28N4O3. The van der Waals surface area contributed by atoms with Gasteiger partial charge in [-0.25, -0.2) is 14.5 Å². The molecule has 3 unspecified atom stereocenters. The highest BCUT2D eigenvalue weighted by atomic mass is 16.7. The zero-order valence-electron chi connectivity index (χ0n) is 17.1. The van der Waals surface area contributed by atoms with Crippen LogP contribution in [0.5, 0.6) is 5.75 Å². The van der Waals surface area contributed by atoms with Gasteiger partial charge in [-0.3, -0.25) is 0 Å². The number of oxime groups is 1. The maximum Gasteiger partial charge on any atom is 0.334 e. The van der Waals surface area contributed by atoms with E-state index in [4.69, 9.17) is 9.57 Å². The lowest BCUT2D eigenvalue weighted by Crippen LogP contribution is -2.35. The topological polar surface area (TPSA) is 78.6 Å². The van der Waals surface area contributed by atoms with Crippen molar-refractivity contribution in [2.75, 3.05) is 0 Å². The van der Waals surface area contributed by atoms with Crippen LogP contribution < -0.4 is 4.74 Å². The lowest BCUT2D eigenvalue weighted by Gasteiger charge is -2.30. The molecule has 2 aromatic rings. The first-order valence-corrected chi connectivity index (χ1v) is 9.69. The number of carbonyl (C=O) groups excluding carboxylic acids is 1. The predicted octanol–water partition coefficient (Wildman–Crippen LogP) is 4.13. The highest BCUT2D eigenvalue weighted by Gasteiger charge is 2.38. The molecule has 0 amide bonds. The number of ether oxygens (including phenoxy) is 1. The zero-order valence-corrected chi connectivity index (χ0v) is 17.1. The first-order chi connectivity index (χ1) is 13.3. The van der Waals surface area contributed by atoms with Crippen LogP contribution in [0, 0.1) is 5.41 Å². The molecule has 0 saturated heterocycles. The molecule has 3 rings (SSSR count). The Morgan fingerprint density at radius 1 is 1.36 bits per heavy atom. The Hall–Kier alpha value is -2.70. The van der Waals surface area contributed by atoms with Crippen molar-refractivity contribution in [2.45, 2.75) is 65.5 Å². The van der Waals surface area contributed by atoms with Gasteiger partial charge in [-0.05, 0) is 6.07 Å². The van der Waals surface area contributed by atoms with Crippen LogP contribution >= 0.6 is 0 Å². The van der Waals surface area contributed by atoms with Crippen molar-refractivity contribution in [3.8, 4) is 5.75 Å². The molecule has 1 aliphatic rings. The number of hydrogen-bond donors (Lipinski definition) is 0. The third-order valence-corrected chi connectivity index (χ3v) is 5.08. The van der Waals surface area contributed by atoms with Gasteiger partial charge in [0, 0.05) is 29.7 Å². The van der Waals surface area contributed by atoms with Crippen LogP contribution in [0.15, 0.2) is 42.1 Å². The number of aromatic nitrogens is 3. The van der Waals surface area contributed by atoms with Gasteiger partial charge in [0.2, 0.25) is 0 Å². The fraction of sp³-hybridized carbons (Fsp3) is 0.524. The molecule has 7 heteroatoms. The minimum atomic E-state index is -0.364. The lowest BCUT2D eigenvalue weighted by atomic mass is 9.82. The second-order valence-electron chi connectivity index (χ2n) is 8.15. The average molecular weight is 384 g/mol. The number of nitrogens with zero attached hydrogens (tertiary/aromatic N) is 4. The molecule has 0 spiro atoms. The summed E-state index contributed by atoms with van der Waals surface area (Å²) in [7, 11) is 0. The quantitative estimate of drug-likeness (QED) is 0.425. The molecule has 1 aromatic heterocycles. The van der Waals surface area contributed by atoms with E-state index >= 15 is 0 Å². The molecule has 3 atom stereocenters. The first-order valence-electron chi connectivity index (χ1n) is 9.69. The lowest BCUT2D eigenvalue weighted by molar-refractivity contribution is -0.143. The van der Waals surface area contributed by atoms with E-state index < -0.39 is 0 Å². The molecule has 0 aliphatic carbocycles. The van der Waals surface area contributed by atoms with Crippen molar-refractivity contribution in [3.05, 3.63) is 42.5 Å². The minimum Gasteiger partial charge on any atom is -0.489 e. The summed E-state index contributed by atoms with van der Waals surface area (Å²) >= 11 is 0. The van der Waals surface area contributed by atoms with Crippen LogP contribution in [0.2, 0.25) is 0 Å². The molecule has 2 heterocycles. The van der Waals surface area contributed by atoms with Crippen LogP contribution in [0.4, 0.5) is 0 Å². The van der Waals surface area contributed by atoms with Gasteiger partial charge in [0.05, 0.1) is 11.8 Å². The summed E-state index contributed by atoms with van der Waals surface area (Å²) in [4.78, 5) is 21.0. The van der Waals surface area contributed by atoms with E-state index in [1.165, 1.54) is 11.9 Å². The third-order valence-electron chi connectivity index (χ3n) is 5.08. The number of carbonyl (C=O) groups is 1. The predicted molar refractivity (Wildman–Crippen MR) is 106 cm³/mol. The normalized spacial score (nSPS) is 20.4. The number of fused-ring (bicyclic) bond motifs is 1. The Morgan fingerprint density at radius 3 is 2.71 bits per heavy atom. The monoisotopic (exact) mass is 384 g/mol. The minimum absolute atomic E-state index is 0.0407. The highest BCUT2D eigenvalue weighted by Crippen LogP contribution is 2.41. The van der Waals surface area contributed by atoms with E-state index in [1.807, 2.05) is 39.0 Å². The zero-order chi connectivity index (χ0) is 20.3. The Kier molecular flexibility index (Phi) is 5.82. The number of benzene rings is 1. The van der Waals surface area contributed by atoms with Gasteiger partial charge in [0.15, 0.2) is 0 Å². The standard InChI is InChI=1S/C21H28N4O3/c1-6-19(26)28-24-20(21(3,4)5)16(25-13-22-12-23-25)11-18-14(2)15-9-7-8-10-17(15)27-18/h7-10,12-14,16,18H,6,11H2,1-5H3. The Bertz CT molecular complexity index is 840. The SMILES string of the molecule is CCC(=O)ON=C(C(CC1Oc2ccccc2C1C)n1cncn1)C(C)(C)C. The van der Waals surface area contributed by atoms with Crippen molar-refractivity contribution in [3.63, 3.8) is 0 Å². The highest BCUT2D eigenvalue weighted by molar-refractivity contribution is 5.92. The molecule has 1 aromatic carbocycles. The van der Waals surface area contributed by atoms with Crippen molar-refractivity contribution < 1.29 is 14.4 Å². The van der Waals surface area contributed by atoms with E-state index in [-0.39, 0.29) is 35.9 Å². The second kappa shape index (κ2) is 8.12. The van der Waals surface area contributed by atoms with Crippen LogP contribution in [-0.2, 0) is 9.63 Å². The molecule has 150 valence electrons. The first kappa shape index (κ1) is 20.0. The maximum atomic E-state index is 11.7. The summed E-state index contributed by atoms with van der Waals surface area (Å²) in [5, 5.41) is 8.60. The van der Waals surface area contributed by atoms with Crippen LogP contribution in [-0.4, -0.2) is 32.5 Å². The van der Waals surface area contributed by atoms with Crippen molar-refractivity contribution in [1.29, 1.82) is 0 Å².